The molecular formula is C9H7ClS. The molecule has 1 heterocycles. The van der Waals surface area contributed by atoms with Gasteiger partial charge in [0.2, 0.25) is 0 Å². The van der Waals surface area contributed by atoms with Crippen molar-refractivity contribution in [2.45, 2.75) is 6.92 Å². The quantitative estimate of drug-likeness (QED) is 0.581. The Labute approximate surface area is 74.4 Å². The van der Waals surface area contributed by atoms with Gasteiger partial charge in [-0.2, -0.15) is 0 Å². The van der Waals surface area contributed by atoms with Crippen LogP contribution in [0, 0.1) is 6.92 Å². The van der Waals surface area contributed by atoms with Crippen molar-refractivity contribution >= 4 is 33.0 Å². The molecule has 2 aromatic rings. The molecule has 0 aliphatic carbocycles. The molecule has 0 aliphatic rings. The van der Waals surface area contributed by atoms with Crippen LogP contribution in [0.2, 0.25) is 5.02 Å². The minimum atomic E-state index is 0.854. The summed E-state index contributed by atoms with van der Waals surface area (Å²) in [5.74, 6) is 0. The van der Waals surface area contributed by atoms with Crippen molar-refractivity contribution in [3.63, 3.8) is 0 Å². The smallest absolute Gasteiger partial charge is 0.0493 e. The number of thiophene rings is 1. The van der Waals surface area contributed by atoms with Gasteiger partial charge in [0.05, 0.1) is 0 Å². The summed E-state index contributed by atoms with van der Waals surface area (Å²) in [5.41, 5.74) is 1.31. The Morgan fingerprint density at radius 2 is 2.09 bits per heavy atom. The lowest BCUT2D eigenvalue weighted by atomic mass is 10.2. The van der Waals surface area contributed by atoms with Gasteiger partial charge in [-0.1, -0.05) is 17.7 Å². The van der Waals surface area contributed by atoms with E-state index < -0.39 is 0 Å². The fourth-order valence-corrected chi connectivity index (χ4v) is 2.34. The fraction of sp³-hybridized carbons (Fsp3) is 0.111. The third kappa shape index (κ3) is 1.05. The van der Waals surface area contributed by atoms with Crippen LogP contribution < -0.4 is 0 Å². The number of hydrogen-bond donors (Lipinski definition) is 0. The zero-order valence-electron chi connectivity index (χ0n) is 6.10. The molecule has 1 aromatic heterocycles. The van der Waals surface area contributed by atoms with Gasteiger partial charge in [-0.05, 0) is 30.0 Å². The second kappa shape index (κ2) is 2.50. The van der Waals surface area contributed by atoms with Crippen molar-refractivity contribution in [2.75, 3.05) is 0 Å². The lowest BCUT2D eigenvalue weighted by Gasteiger charge is -1.96. The summed E-state index contributed by atoms with van der Waals surface area (Å²) in [5, 5.41) is 4.10. The Hall–Kier alpha value is -0.530. The molecular weight excluding hydrogens is 176 g/mol. The van der Waals surface area contributed by atoms with Crippen molar-refractivity contribution in [3.05, 3.63) is 34.2 Å². The average Bonchev–Trinajstić information content (AvgIpc) is 2.45. The van der Waals surface area contributed by atoms with Gasteiger partial charge in [-0.15, -0.1) is 11.3 Å². The first-order valence-corrected chi connectivity index (χ1v) is 4.67. The minimum Gasteiger partial charge on any atom is -0.143 e. The standard InChI is InChI=1S/C9H7ClS/c1-6-2-3-8(10)7-4-5-11-9(6)7/h2-5H,1H3. The molecule has 56 valence electrons. The monoisotopic (exact) mass is 182 g/mol. The third-order valence-electron chi connectivity index (χ3n) is 1.76. The summed E-state index contributed by atoms with van der Waals surface area (Å²) < 4.78 is 1.30. The zero-order chi connectivity index (χ0) is 7.84. The van der Waals surface area contributed by atoms with Crippen LogP contribution in [0.4, 0.5) is 0 Å². The van der Waals surface area contributed by atoms with Crippen molar-refractivity contribution in [1.82, 2.24) is 0 Å². The van der Waals surface area contributed by atoms with E-state index in [2.05, 4.69) is 24.4 Å². The highest BCUT2D eigenvalue weighted by Gasteiger charge is 2.01. The number of fused-ring (bicyclic) bond motifs is 1. The van der Waals surface area contributed by atoms with Crippen molar-refractivity contribution in [2.24, 2.45) is 0 Å². The minimum absolute atomic E-state index is 0.854. The maximum Gasteiger partial charge on any atom is 0.0493 e. The molecule has 0 fully saturated rings. The Bertz CT molecular complexity index is 353. The highest BCUT2D eigenvalue weighted by Crippen LogP contribution is 2.30. The van der Waals surface area contributed by atoms with Crippen LogP contribution in [0.25, 0.3) is 10.1 Å². The van der Waals surface area contributed by atoms with E-state index in [9.17, 15) is 0 Å². The van der Waals surface area contributed by atoms with Crippen LogP contribution in [-0.4, -0.2) is 0 Å². The Balaban J connectivity index is 2.96. The van der Waals surface area contributed by atoms with E-state index in [0.717, 1.165) is 5.02 Å². The summed E-state index contributed by atoms with van der Waals surface area (Å²) >= 11 is 7.72. The van der Waals surface area contributed by atoms with E-state index in [-0.39, 0.29) is 0 Å². The topological polar surface area (TPSA) is 0 Å². The first kappa shape index (κ1) is 7.14. The summed E-state index contributed by atoms with van der Waals surface area (Å²) in [7, 11) is 0. The van der Waals surface area contributed by atoms with Gasteiger partial charge in [-0.3, -0.25) is 0 Å². The zero-order valence-corrected chi connectivity index (χ0v) is 7.67. The van der Waals surface area contributed by atoms with Crippen LogP contribution in [0.5, 0.6) is 0 Å². The molecule has 11 heavy (non-hydrogen) atoms. The van der Waals surface area contributed by atoms with Crippen molar-refractivity contribution in [3.8, 4) is 0 Å². The maximum atomic E-state index is 5.98. The van der Waals surface area contributed by atoms with Crippen LogP contribution in [-0.2, 0) is 0 Å². The largest absolute Gasteiger partial charge is 0.143 e. The van der Waals surface area contributed by atoms with Crippen molar-refractivity contribution < 1.29 is 0 Å². The molecule has 0 saturated carbocycles. The molecule has 0 spiro atoms. The molecule has 0 atom stereocenters. The van der Waals surface area contributed by atoms with Gasteiger partial charge < -0.3 is 0 Å². The highest BCUT2D eigenvalue weighted by atomic mass is 35.5. The SMILES string of the molecule is Cc1ccc(Cl)c2ccsc12. The summed E-state index contributed by atoms with van der Waals surface area (Å²) in [6, 6.07) is 6.07. The van der Waals surface area contributed by atoms with Gasteiger partial charge in [0, 0.05) is 15.1 Å². The van der Waals surface area contributed by atoms with Crippen LogP contribution in [0.15, 0.2) is 23.6 Å². The van der Waals surface area contributed by atoms with Crippen LogP contribution in [0.3, 0.4) is 0 Å². The van der Waals surface area contributed by atoms with Crippen LogP contribution in [0.1, 0.15) is 5.56 Å². The fourth-order valence-electron chi connectivity index (χ4n) is 1.17. The first-order valence-electron chi connectivity index (χ1n) is 3.41. The van der Waals surface area contributed by atoms with E-state index in [1.54, 1.807) is 11.3 Å². The molecule has 0 N–H and O–H groups in total. The van der Waals surface area contributed by atoms with E-state index in [4.69, 9.17) is 11.6 Å². The predicted molar refractivity (Wildman–Crippen MR) is 51.6 cm³/mol. The lowest BCUT2D eigenvalue weighted by molar-refractivity contribution is 1.56. The second-order valence-electron chi connectivity index (χ2n) is 2.53. The third-order valence-corrected chi connectivity index (χ3v) is 3.14. The van der Waals surface area contributed by atoms with Gasteiger partial charge in [0.25, 0.3) is 0 Å². The normalized spacial score (nSPS) is 10.7. The Kier molecular flexibility index (Phi) is 1.63. The molecule has 1 aromatic carbocycles. The lowest BCUT2D eigenvalue weighted by Crippen LogP contribution is -1.71. The second-order valence-corrected chi connectivity index (χ2v) is 3.85. The molecule has 2 heteroatoms. The highest BCUT2D eigenvalue weighted by molar-refractivity contribution is 7.17. The van der Waals surface area contributed by atoms with Crippen LogP contribution >= 0.6 is 22.9 Å². The van der Waals surface area contributed by atoms with E-state index in [1.165, 1.54) is 15.6 Å². The molecule has 0 saturated heterocycles. The predicted octanol–water partition coefficient (Wildman–Crippen LogP) is 3.86. The Morgan fingerprint density at radius 1 is 1.27 bits per heavy atom. The van der Waals surface area contributed by atoms with Gasteiger partial charge in [-0.25, -0.2) is 0 Å². The van der Waals surface area contributed by atoms with E-state index >= 15 is 0 Å². The summed E-state index contributed by atoms with van der Waals surface area (Å²) in [6.45, 7) is 2.11. The molecule has 0 nitrogen and oxygen atoms in total. The number of aryl methyl sites for hydroxylation is 1. The Morgan fingerprint density at radius 3 is 2.82 bits per heavy atom. The number of halogens is 1. The molecule has 0 radical (unpaired) electrons. The molecule has 2 rings (SSSR count). The van der Waals surface area contributed by atoms with E-state index in [1.807, 2.05) is 6.07 Å². The summed E-state index contributed by atoms with van der Waals surface area (Å²) in [4.78, 5) is 0. The first-order chi connectivity index (χ1) is 5.29. The van der Waals surface area contributed by atoms with Crippen molar-refractivity contribution in [1.29, 1.82) is 0 Å². The number of benzene rings is 1. The van der Waals surface area contributed by atoms with Gasteiger partial charge >= 0.3 is 0 Å². The van der Waals surface area contributed by atoms with Gasteiger partial charge in [0.15, 0.2) is 0 Å². The number of hydrogen-bond acceptors (Lipinski definition) is 1. The molecule has 0 aliphatic heterocycles. The molecule has 0 bridgehead atoms. The number of rotatable bonds is 0. The van der Waals surface area contributed by atoms with Gasteiger partial charge in [0.1, 0.15) is 0 Å². The average molecular weight is 183 g/mol. The molecule has 0 amide bonds. The summed E-state index contributed by atoms with van der Waals surface area (Å²) in [6.07, 6.45) is 0. The van der Waals surface area contributed by atoms with E-state index in [0.29, 0.717) is 0 Å². The maximum absolute atomic E-state index is 5.98. The molecule has 0 unspecified atom stereocenters.